The molecule has 0 heterocycles. The molecule has 3 aromatic carbocycles. The third kappa shape index (κ3) is 8.92. The van der Waals surface area contributed by atoms with E-state index in [1.165, 1.54) is 0 Å². The van der Waals surface area contributed by atoms with E-state index in [9.17, 15) is 9.59 Å². The van der Waals surface area contributed by atoms with Gasteiger partial charge in [0.15, 0.2) is 0 Å². The van der Waals surface area contributed by atoms with E-state index in [2.05, 4.69) is 5.32 Å². The highest BCUT2D eigenvalue weighted by Gasteiger charge is 2.30. The first-order chi connectivity index (χ1) is 17.0. The molecule has 0 aliphatic rings. The summed E-state index contributed by atoms with van der Waals surface area (Å²) < 4.78 is 0. The third-order valence-electron chi connectivity index (χ3n) is 5.48. The standard InChI is InChI=1S/C28H30Cl2N2O2S/c1-2-17-31-28(34)26(19-21-6-4-3-5-7-21)32(20-22-8-10-23(29)11-9-22)27(33)16-18-35-25-14-12-24(30)13-15-25/h3-15,26H,2,16-20H2,1H3,(H,31,34). The molecule has 1 unspecified atom stereocenters. The molecule has 0 aliphatic heterocycles. The van der Waals surface area contributed by atoms with E-state index in [1.54, 1.807) is 28.8 Å². The zero-order valence-corrected chi connectivity index (χ0v) is 22.1. The van der Waals surface area contributed by atoms with Gasteiger partial charge in [-0.15, -0.1) is 11.8 Å². The predicted molar refractivity (Wildman–Crippen MR) is 146 cm³/mol. The number of carbonyl (C=O) groups excluding carboxylic acids is 2. The number of hydrogen-bond donors (Lipinski definition) is 1. The fourth-order valence-electron chi connectivity index (χ4n) is 3.64. The smallest absolute Gasteiger partial charge is 0.243 e. The lowest BCUT2D eigenvalue weighted by molar-refractivity contribution is -0.141. The molecule has 1 atom stereocenters. The Hall–Kier alpha value is -2.47. The molecule has 3 aromatic rings. The fraction of sp³-hybridized carbons (Fsp3) is 0.286. The van der Waals surface area contributed by atoms with Crippen molar-refractivity contribution in [2.24, 2.45) is 0 Å². The van der Waals surface area contributed by atoms with Gasteiger partial charge in [0.2, 0.25) is 11.8 Å². The van der Waals surface area contributed by atoms with Gasteiger partial charge in [-0.3, -0.25) is 9.59 Å². The quantitative estimate of drug-likeness (QED) is 0.268. The molecule has 2 amide bonds. The minimum absolute atomic E-state index is 0.0611. The number of benzene rings is 3. The lowest BCUT2D eigenvalue weighted by Gasteiger charge is -2.31. The molecule has 0 bridgehead atoms. The number of nitrogens with one attached hydrogen (secondary N) is 1. The molecule has 4 nitrogen and oxygen atoms in total. The van der Waals surface area contributed by atoms with Crippen molar-refractivity contribution in [2.45, 2.75) is 43.7 Å². The van der Waals surface area contributed by atoms with Crippen LogP contribution in [0.25, 0.3) is 0 Å². The topological polar surface area (TPSA) is 49.4 Å². The monoisotopic (exact) mass is 528 g/mol. The Labute approximate surface area is 222 Å². The number of amides is 2. The Morgan fingerprint density at radius 3 is 2.14 bits per heavy atom. The maximum Gasteiger partial charge on any atom is 0.243 e. The van der Waals surface area contributed by atoms with Crippen LogP contribution < -0.4 is 5.32 Å². The number of thioether (sulfide) groups is 1. The summed E-state index contributed by atoms with van der Waals surface area (Å²) >= 11 is 13.6. The highest BCUT2D eigenvalue weighted by atomic mass is 35.5. The van der Waals surface area contributed by atoms with E-state index in [4.69, 9.17) is 23.2 Å². The molecule has 184 valence electrons. The van der Waals surface area contributed by atoms with Gasteiger partial charge in [-0.1, -0.05) is 72.6 Å². The van der Waals surface area contributed by atoms with Crippen molar-refractivity contribution in [2.75, 3.05) is 12.3 Å². The summed E-state index contributed by atoms with van der Waals surface area (Å²) in [4.78, 5) is 29.6. The van der Waals surface area contributed by atoms with Gasteiger partial charge in [0.25, 0.3) is 0 Å². The first-order valence-electron chi connectivity index (χ1n) is 11.7. The molecule has 1 N–H and O–H groups in total. The van der Waals surface area contributed by atoms with E-state index < -0.39 is 6.04 Å². The van der Waals surface area contributed by atoms with Crippen LogP contribution in [0.15, 0.2) is 83.8 Å². The van der Waals surface area contributed by atoms with E-state index in [1.807, 2.05) is 73.7 Å². The maximum absolute atomic E-state index is 13.6. The van der Waals surface area contributed by atoms with E-state index in [0.717, 1.165) is 22.4 Å². The Morgan fingerprint density at radius 2 is 1.51 bits per heavy atom. The van der Waals surface area contributed by atoms with Crippen molar-refractivity contribution in [3.05, 3.63) is 100 Å². The molecule has 0 fully saturated rings. The van der Waals surface area contributed by atoms with Crippen LogP contribution in [-0.2, 0) is 22.6 Å². The molecule has 7 heteroatoms. The second-order valence-electron chi connectivity index (χ2n) is 8.20. The number of rotatable bonds is 12. The second kappa shape index (κ2) is 14.2. The third-order valence-corrected chi connectivity index (χ3v) is 7.00. The Morgan fingerprint density at radius 1 is 0.886 bits per heavy atom. The van der Waals surface area contributed by atoms with Crippen LogP contribution >= 0.6 is 35.0 Å². The highest BCUT2D eigenvalue weighted by Crippen LogP contribution is 2.23. The molecule has 0 spiro atoms. The molecule has 0 radical (unpaired) electrons. The van der Waals surface area contributed by atoms with Crippen LogP contribution in [0.3, 0.4) is 0 Å². The van der Waals surface area contributed by atoms with Gasteiger partial charge in [0.1, 0.15) is 6.04 Å². The molecule has 0 aromatic heterocycles. The zero-order chi connectivity index (χ0) is 25.0. The van der Waals surface area contributed by atoms with Gasteiger partial charge in [0.05, 0.1) is 0 Å². The lowest BCUT2D eigenvalue weighted by atomic mass is 10.0. The number of halogens is 2. The molecule has 35 heavy (non-hydrogen) atoms. The summed E-state index contributed by atoms with van der Waals surface area (Å²) in [6, 6.07) is 24.2. The van der Waals surface area contributed by atoms with Gasteiger partial charge < -0.3 is 10.2 Å². The molecule has 0 aliphatic carbocycles. The van der Waals surface area contributed by atoms with Gasteiger partial charge in [0, 0.05) is 46.6 Å². The zero-order valence-electron chi connectivity index (χ0n) is 19.8. The first kappa shape index (κ1) is 27.1. The Bertz CT molecular complexity index is 1080. The van der Waals surface area contributed by atoms with Crippen molar-refractivity contribution in [3.63, 3.8) is 0 Å². The van der Waals surface area contributed by atoms with Gasteiger partial charge in [-0.2, -0.15) is 0 Å². The van der Waals surface area contributed by atoms with Crippen LogP contribution in [0.5, 0.6) is 0 Å². The largest absolute Gasteiger partial charge is 0.354 e. The van der Waals surface area contributed by atoms with Crippen molar-refractivity contribution in [3.8, 4) is 0 Å². The minimum Gasteiger partial charge on any atom is -0.354 e. The van der Waals surface area contributed by atoms with E-state index >= 15 is 0 Å². The Balaban J connectivity index is 1.81. The summed E-state index contributed by atoms with van der Waals surface area (Å²) in [6.07, 6.45) is 1.58. The SMILES string of the molecule is CCCNC(=O)C(Cc1ccccc1)N(Cc1ccc(Cl)cc1)C(=O)CCSc1ccc(Cl)cc1. The Kier molecular flexibility index (Phi) is 11.0. The molecule has 3 rings (SSSR count). The van der Waals surface area contributed by atoms with Crippen molar-refractivity contribution in [1.29, 1.82) is 0 Å². The summed E-state index contributed by atoms with van der Waals surface area (Å²) in [5.74, 6) is 0.407. The molecule has 0 saturated heterocycles. The van der Waals surface area contributed by atoms with Crippen LogP contribution in [-0.4, -0.2) is 35.1 Å². The van der Waals surface area contributed by atoms with Crippen molar-refractivity contribution >= 4 is 46.8 Å². The van der Waals surface area contributed by atoms with Crippen LogP contribution in [0.4, 0.5) is 0 Å². The van der Waals surface area contributed by atoms with E-state index in [0.29, 0.717) is 41.7 Å². The number of hydrogen-bond acceptors (Lipinski definition) is 3. The average molecular weight is 530 g/mol. The van der Waals surface area contributed by atoms with Gasteiger partial charge in [-0.05, 0) is 53.9 Å². The second-order valence-corrected chi connectivity index (χ2v) is 10.2. The minimum atomic E-state index is -0.618. The summed E-state index contributed by atoms with van der Waals surface area (Å²) in [7, 11) is 0. The van der Waals surface area contributed by atoms with Gasteiger partial charge >= 0.3 is 0 Å². The average Bonchev–Trinajstić information content (AvgIpc) is 2.87. The van der Waals surface area contributed by atoms with Crippen LogP contribution in [0.1, 0.15) is 30.9 Å². The highest BCUT2D eigenvalue weighted by molar-refractivity contribution is 7.99. The van der Waals surface area contributed by atoms with Crippen LogP contribution in [0.2, 0.25) is 10.0 Å². The normalized spacial score (nSPS) is 11.6. The predicted octanol–water partition coefficient (Wildman–Crippen LogP) is 6.64. The summed E-state index contributed by atoms with van der Waals surface area (Å²) in [5.41, 5.74) is 1.93. The maximum atomic E-state index is 13.6. The molecule has 0 saturated carbocycles. The summed E-state index contributed by atoms with van der Waals surface area (Å²) in [5, 5.41) is 4.31. The lowest BCUT2D eigenvalue weighted by Crippen LogP contribution is -2.50. The van der Waals surface area contributed by atoms with Gasteiger partial charge in [-0.25, -0.2) is 0 Å². The molecular weight excluding hydrogens is 499 g/mol. The molecular formula is C28H30Cl2N2O2S. The number of carbonyl (C=O) groups is 2. The number of nitrogens with zero attached hydrogens (tertiary/aromatic N) is 1. The van der Waals surface area contributed by atoms with Crippen molar-refractivity contribution in [1.82, 2.24) is 10.2 Å². The van der Waals surface area contributed by atoms with Crippen molar-refractivity contribution < 1.29 is 9.59 Å². The fourth-order valence-corrected chi connectivity index (χ4v) is 4.73. The van der Waals surface area contributed by atoms with E-state index in [-0.39, 0.29) is 11.8 Å². The van der Waals surface area contributed by atoms with Crippen LogP contribution in [0, 0.1) is 0 Å². The first-order valence-corrected chi connectivity index (χ1v) is 13.4. The summed E-state index contributed by atoms with van der Waals surface area (Å²) in [6.45, 7) is 2.91.